The molecule has 0 spiro atoms. The van der Waals surface area contributed by atoms with Crippen LogP contribution in [0.4, 0.5) is 0 Å². The molecule has 0 saturated carbocycles. The molecule has 0 bridgehead atoms. The van der Waals surface area contributed by atoms with Crippen LogP contribution in [0.15, 0.2) is 24.3 Å². The van der Waals surface area contributed by atoms with Crippen LogP contribution in [0.5, 0.6) is 0 Å². The lowest BCUT2D eigenvalue weighted by Gasteiger charge is -2.33. The van der Waals surface area contributed by atoms with E-state index in [4.69, 9.17) is 5.73 Å². The van der Waals surface area contributed by atoms with E-state index in [9.17, 15) is 5.11 Å². The average molecular weight is 275 g/mol. The average Bonchev–Trinajstić information content (AvgIpc) is 2.87. The first-order chi connectivity index (χ1) is 9.72. The molecular weight excluding hydrogens is 246 g/mol. The Hall–Kier alpha value is -0.860. The summed E-state index contributed by atoms with van der Waals surface area (Å²) in [7, 11) is 0. The zero-order valence-corrected chi connectivity index (χ0v) is 12.8. The van der Waals surface area contributed by atoms with Gasteiger partial charge in [0.15, 0.2) is 0 Å². The van der Waals surface area contributed by atoms with Gasteiger partial charge in [0.05, 0.1) is 6.10 Å². The summed E-state index contributed by atoms with van der Waals surface area (Å²) in [4.78, 5) is 0. The molecule has 1 aliphatic carbocycles. The molecule has 1 atom stereocenters. The van der Waals surface area contributed by atoms with Gasteiger partial charge in [0.1, 0.15) is 0 Å². The maximum atomic E-state index is 10.6. The Morgan fingerprint density at radius 1 is 1.10 bits per heavy atom. The third kappa shape index (κ3) is 3.42. The zero-order valence-electron chi connectivity index (χ0n) is 12.8. The SMILES string of the molecule is CCCCCCCC(O)C1(CN)Cc2ccccc2C1. The smallest absolute Gasteiger partial charge is 0.0614 e. The van der Waals surface area contributed by atoms with Gasteiger partial charge in [0.2, 0.25) is 0 Å². The largest absolute Gasteiger partial charge is 0.392 e. The van der Waals surface area contributed by atoms with E-state index in [0.29, 0.717) is 6.54 Å². The van der Waals surface area contributed by atoms with Crippen LogP contribution in [0.3, 0.4) is 0 Å². The monoisotopic (exact) mass is 275 g/mol. The zero-order chi connectivity index (χ0) is 14.4. The normalized spacial score (nSPS) is 17.9. The fourth-order valence-electron chi connectivity index (χ4n) is 3.49. The number of unbranched alkanes of at least 4 members (excludes halogenated alkanes) is 4. The summed E-state index contributed by atoms with van der Waals surface area (Å²) in [5, 5.41) is 10.6. The van der Waals surface area contributed by atoms with E-state index in [1.807, 2.05) is 0 Å². The Kier molecular flexibility index (Phi) is 5.62. The van der Waals surface area contributed by atoms with E-state index in [0.717, 1.165) is 25.7 Å². The van der Waals surface area contributed by atoms with Crippen molar-refractivity contribution in [2.75, 3.05) is 6.54 Å². The van der Waals surface area contributed by atoms with Gasteiger partial charge in [-0.05, 0) is 30.4 Å². The second-order valence-electron chi connectivity index (χ2n) is 6.41. The molecule has 0 aliphatic heterocycles. The predicted octanol–water partition coefficient (Wildman–Crippen LogP) is 3.45. The Balaban J connectivity index is 1.89. The first-order valence-corrected chi connectivity index (χ1v) is 8.17. The lowest BCUT2D eigenvalue weighted by atomic mass is 9.77. The van der Waals surface area contributed by atoms with Crippen LogP contribution < -0.4 is 5.73 Å². The molecule has 0 heterocycles. The van der Waals surface area contributed by atoms with Gasteiger partial charge in [-0.2, -0.15) is 0 Å². The maximum absolute atomic E-state index is 10.6. The maximum Gasteiger partial charge on any atom is 0.0614 e. The highest BCUT2D eigenvalue weighted by atomic mass is 16.3. The number of nitrogens with two attached hydrogens (primary N) is 1. The molecule has 0 saturated heterocycles. The molecule has 0 aromatic heterocycles. The Labute approximate surface area is 123 Å². The molecular formula is C18H29NO. The lowest BCUT2D eigenvalue weighted by molar-refractivity contribution is 0.0284. The van der Waals surface area contributed by atoms with Gasteiger partial charge in [-0.1, -0.05) is 63.3 Å². The number of hydrogen-bond acceptors (Lipinski definition) is 2. The first kappa shape index (κ1) is 15.5. The van der Waals surface area contributed by atoms with Crippen LogP contribution in [0, 0.1) is 5.41 Å². The number of aliphatic hydroxyl groups excluding tert-OH is 1. The van der Waals surface area contributed by atoms with Gasteiger partial charge >= 0.3 is 0 Å². The van der Waals surface area contributed by atoms with Crippen LogP contribution in [-0.2, 0) is 12.8 Å². The topological polar surface area (TPSA) is 46.2 Å². The van der Waals surface area contributed by atoms with E-state index in [-0.39, 0.29) is 11.5 Å². The summed E-state index contributed by atoms with van der Waals surface area (Å²) in [6, 6.07) is 8.53. The molecule has 1 aliphatic rings. The molecule has 1 unspecified atom stereocenters. The summed E-state index contributed by atoms with van der Waals surface area (Å²) in [5.41, 5.74) is 8.68. The molecule has 0 fully saturated rings. The van der Waals surface area contributed by atoms with Crippen molar-refractivity contribution >= 4 is 0 Å². The van der Waals surface area contributed by atoms with Crippen molar-refractivity contribution in [3.63, 3.8) is 0 Å². The van der Waals surface area contributed by atoms with E-state index in [1.165, 1.54) is 36.8 Å². The first-order valence-electron chi connectivity index (χ1n) is 8.17. The summed E-state index contributed by atoms with van der Waals surface area (Å²) in [6.45, 7) is 2.81. The van der Waals surface area contributed by atoms with Crippen LogP contribution in [-0.4, -0.2) is 17.8 Å². The number of rotatable bonds is 8. The molecule has 2 heteroatoms. The fourth-order valence-corrected chi connectivity index (χ4v) is 3.49. The summed E-state index contributed by atoms with van der Waals surface area (Å²) in [6.07, 6.45) is 8.74. The molecule has 112 valence electrons. The van der Waals surface area contributed by atoms with Gasteiger partial charge in [-0.3, -0.25) is 0 Å². The molecule has 2 rings (SSSR count). The van der Waals surface area contributed by atoms with Gasteiger partial charge < -0.3 is 10.8 Å². The van der Waals surface area contributed by atoms with Crippen molar-refractivity contribution in [1.82, 2.24) is 0 Å². The minimum absolute atomic E-state index is 0.117. The van der Waals surface area contributed by atoms with Crippen molar-refractivity contribution in [1.29, 1.82) is 0 Å². The quantitative estimate of drug-likeness (QED) is 0.714. The van der Waals surface area contributed by atoms with Crippen molar-refractivity contribution in [2.45, 2.75) is 64.4 Å². The lowest BCUT2D eigenvalue weighted by Crippen LogP contribution is -2.42. The molecule has 3 N–H and O–H groups in total. The summed E-state index contributed by atoms with van der Waals surface area (Å²) < 4.78 is 0. The van der Waals surface area contributed by atoms with Gasteiger partial charge in [-0.25, -0.2) is 0 Å². The Morgan fingerprint density at radius 3 is 2.25 bits per heavy atom. The van der Waals surface area contributed by atoms with Crippen molar-refractivity contribution in [3.05, 3.63) is 35.4 Å². The minimum Gasteiger partial charge on any atom is -0.392 e. The molecule has 0 radical (unpaired) electrons. The Morgan fingerprint density at radius 2 is 1.70 bits per heavy atom. The Bertz CT molecular complexity index is 391. The van der Waals surface area contributed by atoms with Crippen molar-refractivity contribution in [3.8, 4) is 0 Å². The third-order valence-corrected chi connectivity index (χ3v) is 4.90. The van der Waals surface area contributed by atoms with Crippen molar-refractivity contribution < 1.29 is 5.11 Å². The molecule has 1 aromatic rings. The van der Waals surface area contributed by atoms with E-state index < -0.39 is 0 Å². The van der Waals surface area contributed by atoms with E-state index in [2.05, 4.69) is 31.2 Å². The second-order valence-corrected chi connectivity index (χ2v) is 6.41. The van der Waals surface area contributed by atoms with E-state index in [1.54, 1.807) is 0 Å². The van der Waals surface area contributed by atoms with Crippen LogP contribution in [0.1, 0.15) is 56.6 Å². The van der Waals surface area contributed by atoms with E-state index >= 15 is 0 Å². The highest BCUT2D eigenvalue weighted by Crippen LogP contribution is 2.40. The molecule has 1 aromatic carbocycles. The molecule has 20 heavy (non-hydrogen) atoms. The summed E-state index contributed by atoms with van der Waals surface area (Å²) >= 11 is 0. The van der Waals surface area contributed by atoms with Crippen molar-refractivity contribution in [2.24, 2.45) is 11.1 Å². The standard InChI is InChI=1S/C18H29NO/c1-2-3-4-5-6-11-17(20)18(14-19)12-15-9-7-8-10-16(15)13-18/h7-10,17,20H,2-6,11-14,19H2,1H3. The fraction of sp³-hybridized carbons (Fsp3) is 0.667. The number of hydrogen-bond donors (Lipinski definition) is 2. The molecule has 0 amide bonds. The molecule has 2 nitrogen and oxygen atoms in total. The van der Waals surface area contributed by atoms with Crippen LogP contribution >= 0.6 is 0 Å². The minimum atomic E-state index is -0.262. The van der Waals surface area contributed by atoms with Gasteiger partial charge in [0.25, 0.3) is 0 Å². The van der Waals surface area contributed by atoms with Crippen LogP contribution in [0.2, 0.25) is 0 Å². The van der Waals surface area contributed by atoms with Crippen LogP contribution in [0.25, 0.3) is 0 Å². The number of aliphatic hydroxyl groups is 1. The second kappa shape index (κ2) is 7.24. The highest BCUT2D eigenvalue weighted by molar-refractivity contribution is 5.35. The predicted molar refractivity (Wildman–Crippen MR) is 84.7 cm³/mol. The third-order valence-electron chi connectivity index (χ3n) is 4.90. The highest BCUT2D eigenvalue weighted by Gasteiger charge is 2.41. The summed E-state index contributed by atoms with van der Waals surface area (Å²) in [5.74, 6) is 0. The number of fused-ring (bicyclic) bond motifs is 1. The van der Waals surface area contributed by atoms with Gasteiger partial charge in [0, 0.05) is 12.0 Å². The number of benzene rings is 1. The van der Waals surface area contributed by atoms with Gasteiger partial charge in [-0.15, -0.1) is 0 Å².